The Labute approximate surface area is 106 Å². The van der Waals surface area contributed by atoms with E-state index < -0.39 is 23.5 Å². The number of carbonyl (C=O) groups is 2. The van der Waals surface area contributed by atoms with Crippen LogP contribution in [0.4, 0.5) is 4.39 Å². The van der Waals surface area contributed by atoms with Crippen molar-refractivity contribution in [1.29, 1.82) is 0 Å². The first-order valence-corrected chi connectivity index (χ1v) is 5.98. The number of carbonyl (C=O) groups excluding carboxylic acids is 2. The van der Waals surface area contributed by atoms with Gasteiger partial charge in [-0.15, -0.1) is 0 Å². The van der Waals surface area contributed by atoms with Gasteiger partial charge in [-0.3, -0.25) is 9.59 Å². The Morgan fingerprint density at radius 3 is 2.56 bits per heavy atom. The molecule has 0 radical (unpaired) electrons. The highest BCUT2D eigenvalue weighted by molar-refractivity contribution is 6.08. The summed E-state index contributed by atoms with van der Waals surface area (Å²) in [6.45, 7) is 1.96. The minimum atomic E-state index is -0.910. The first-order chi connectivity index (χ1) is 8.61. The fourth-order valence-electron chi connectivity index (χ4n) is 1.76. The molecule has 0 spiro atoms. The molecule has 0 heterocycles. The summed E-state index contributed by atoms with van der Waals surface area (Å²) in [4.78, 5) is 23.7. The number of benzene rings is 1. The van der Waals surface area contributed by atoms with E-state index in [9.17, 15) is 14.0 Å². The second-order valence-corrected chi connectivity index (χ2v) is 4.06. The number of methoxy groups -OCH3 is 1. The normalized spacial score (nSPS) is 11.9. The topological polar surface area (TPSA) is 43.4 Å². The number of rotatable bonds is 6. The monoisotopic (exact) mass is 252 g/mol. The van der Waals surface area contributed by atoms with Crippen molar-refractivity contribution in [3.05, 3.63) is 35.6 Å². The smallest absolute Gasteiger partial charge is 0.316 e. The van der Waals surface area contributed by atoms with Crippen molar-refractivity contribution >= 4 is 11.8 Å². The molecule has 0 N–H and O–H groups in total. The number of Topliss-reactive ketones (excluding diaryl/α,β-unsaturated/α-hetero) is 1. The van der Waals surface area contributed by atoms with Gasteiger partial charge in [-0.2, -0.15) is 0 Å². The maximum Gasteiger partial charge on any atom is 0.316 e. The van der Waals surface area contributed by atoms with Crippen LogP contribution in [0.1, 0.15) is 36.5 Å². The van der Waals surface area contributed by atoms with Crippen molar-refractivity contribution in [3.8, 4) is 0 Å². The fraction of sp³-hybridized carbons (Fsp3) is 0.429. The van der Waals surface area contributed by atoms with Crippen molar-refractivity contribution < 1.29 is 18.7 Å². The van der Waals surface area contributed by atoms with Crippen LogP contribution in [0, 0.1) is 11.7 Å². The van der Waals surface area contributed by atoms with Gasteiger partial charge in [-0.1, -0.05) is 31.9 Å². The van der Waals surface area contributed by atoms with Crippen LogP contribution in [0.2, 0.25) is 0 Å². The third-order valence-electron chi connectivity index (χ3n) is 2.79. The Kier molecular flexibility index (Phi) is 5.49. The molecular weight excluding hydrogens is 235 g/mol. The molecule has 0 aromatic heterocycles. The second kappa shape index (κ2) is 6.89. The van der Waals surface area contributed by atoms with Gasteiger partial charge >= 0.3 is 5.97 Å². The van der Waals surface area contributed by atoms with Crippen LogP contribution in [-0.4, -0.2) is 18.9 Å². The van der Waals surface area contributed by atoms with Crippen molar-refractivity contribution in [2.45, 2.75) is 26.2 Å². The molecule has 0 aliphatic heterocycles. The van der Waals surface area contributed by atoms with Crippen LogP contribution in [0.3, 0.4) is 0 Å². The molecule has 1 aromatic carbocycles. The lowest BCUT2D eigenvalue weighted by Crippen LogP contribution is -2.26. The zero-order valence-corrected chi connectivity index (χ0v) is 10.6. The Morgan fingerprint density at radius 2 is 2.00 bits per heavy atom. The van der Waals surface area contributed by atoms with Gasteiger partial charge in [0.05, 0.1) is 12.7 Å². The molecule has 0 saturated heterocycles. The molecule has 3 nitrogen and oxygen atoms in total. The molecule has 0 amide bonds. The maximum absolute atomic E-state index is 13.5. The summed E-state index contributed by atoms with van der Waals surface area (Å²) in [6, 6.07) is 5.68. The van der Waals surface area contributed by atoms with E-state index in [-0.39, 0.29) is 5.56 Å². The first kappa shape index (κ1) is 14.4. The van der Waals surface area contributed by atoms with E-state index in [4.69, 9.17) is 0 Å². The summed E-state index contributed by atoms with van der Waals surface area (Å²) in [7, 11) is 1.23. The first-order valence-electron chi connectivity index (χ1n) is 5.98. The van der Waals surface area contributed by atoms with E-state index in [0.29, 0.717) is 6.42 Å². The minimum absolute atomic E-state index is 0.0518. The van der Waals surface area contributed by atoms with Crippen molar-refractivity contribution in [2.75, 3.05) is 7.11 Å². The Morgan fingerprint density at radius 1 is 1.33 bits per heavy atom. The average Bonchev–Trinajstić information content (AvgIpc) is 2.39. The highest BCUT2D eigenvalue weighted by Crippen LogP contribution is 2.19. The summed E-state index contributed by atoms with van der Waals surface area (Å²) in [5.74, 6) is -2.62. The molecular formula is C14H17FO3. The second-order valence-electron chi connectivity index (χ2n) is 4.06. The molecule has 1 rings (SSSR count). The van der Waals surface area contributed by atoms with Crippen LogP contribution in [-0.2, 0) is 9.53 Å². The van der Waals surface area contributed by atoms with Crippen LogP contribution >= 0.6 is 0 Å². The molecule has 1 atom stereocenters. The lowest BCUT2D eigenvalue weighted by molar-refractivity contribution is -0.143. The van der Waals surface area contributed by atoms with E-state index in [1.807, 2.05) is 6.92 Å². The summed E-state index contributed by atoms with van der Waals surface area (Å²) in [5.41, 5.74) is -0.0518. The SMILES string of the molecule is CCCCC(C(=O)OC)C(=O)c1ccccc1F. The van der Waals surface area contributed by atoms with Crippen LogP contribution < -0.4 is 0 Å². The standard InChI is InChI=1S/C14H17FO3/c1-3-4-7-11(14(17)18-2)13(16)10-8-5-6-9-12(10)15/h5-6,8-9,11H,3-4,7H2,1-2H3. The number of ketones is 1. The van der Waals surface area contributed by atoms with Gasteiger partial charge in [0.1, 0.15) is 11.7 Å². The number of hydrogen-bond donors (Lipinski definition) is 0. The average molecular weight is 252 g/mol. The summed E-state index contributed by atoms with van der Waals surface area (Å²) in [6.07, 6.45) is 1.97. The highest BCUT2D eigenvalue weighted by atomic mass is 19.1. The molecule has 1 unspecified atom stereocenters. The molecule has 1 aromatic rings. The maximum atomic E-state index is 13.5. The number of hydrogen-bond acceptors (Lipinski definition) is 3. The number of ether oxygens (including phenoxy) is 1. The lowest BCUT2D eigenvalue weighted by Gasteiger charge is -2.13. The van der Waals surface area contributed by atoms with Gasteiger partial charge in [0.2, 0.25) is 0 Å². The molecule has 0 aliphatic rings. The summed E-state index contributed by atoms with van der Waals surface area (Å²) in [5, 5.41) is 0. The zero-order valence-electron chi connectivity index (χ0n) is 10.6. The van der Waals surface area contributed by atoms with Crippen LogP contribution in [0.5, 0.6) is 0 Å². The quantitative estimate of drug-likeness (QED) is 0.444. The highest BCUT2D eigenvalue weighted by Gasteiger charge is 2.29. The van der Waals surface area contributed by atoms with Gasteiger partial charge in [0.15, 0.2) is 5.78 Å². The Bertz CT molecular complexity index is 429. The molecule has 18 heavy (non-hydrogen) atoms. The lowest BCUT2D eigenvalue weighted by atomic mass is 9.92. The van der Waals surface area contributed by atoms with E-state index >= 15 is 0 Å². The molecule has 4 heteroatoms. The van der Waals surface area contributed by atoms with Gasteiger partial charge in [0, 0.05) is 0 Å². The largest absolute Gasteiger partial charge is 0.468 e. The van der Waals surface area contributed by atoms with E-state index in [2.05, 4.69) is 4.74 Å². The Hall–Kier alpha value is -1.71. The number of unbranched alkanes of at least 4 members (excludes halogenated alkanes) is 1. The fourth-order valence-corrected chi connectivity index (χ4v) is 1.76. The van der Waals surface area contributed by atoms with Gasteiger partial charge in [-0.25, -0.2) is 4.39 Å². The molecule has 0 fully saturated rings. The van der Waals surface area contributed by atoms with Crippen molar-refractivity contribution in [1.82, 2.24) is 0 Å². The number of halogens is 1. The predicted molar refractivity (Wildman–Crippen MR) is 65.8 cm³/mol. The third kappa shape index (κ3) is 3.39. The van der Waals surface area contributed by atoms with Gasteiger partial charge in [-0.05, 0) is 18.6 Å². The van der Waals surface area contributed by atoms with Crippen LogP contribution in [0.15, 0.2) is 24.3 Å². The van der Waals surface area contributed by atoms with E-state index in [1.165, 1.54) is 25.3 Å². The minimum Gasteiger partial charge on any atom is -0.468 e. The summed E-state index contributed by atoms with van der Waals surface area (Å²) < 4.78 is 18.1. The Balaban J connectivity index is 2.95. The number of esters is 1. The zero-order chi connectivity index (χ0) is 13.5. The third-order valence-corrected chi connectivity index (χ3v) is 2.79. The molecule has 0 saturated carbocycles. The predicted octanol–water partition coefficient (Wildman–Crippen LogP) is 2.99. The van der Waals surface area contributed by atoms with E-state index in [1.54, 1.807) is 6.07 Å². The molecule has 98 valence electrons. The molecule has 0 bridgehead atoms. The van der Waals surface area contributed by atoms with Crippen LogP contribution in [0.25, 0.3) is 0 Å². The van der Waals surface area contributed by atoms with Gasteiger partial charge < -0.3 is 4.74 Å². The van der Waals surface area contributed by atoms with Crippen molar-refractivity contribution in [3.63, 3.8) is 0 Å². The van der Waals surface area contributed by atoms with E-state index in [0.717, 1.165) is 12.8 Å². The summed E-state index contributed by atoms with van der Waals surface area (Å²) >= 11 is 0. The van der Waals surface area contributed by atoms with Crippen molar-refractivity contribution in [2.24, 2.45) is 5.92 Å². The molecule has 0 aliphatic carbocycles. The van der Waals surface area contributed by atoms with Gasteiger partial charge in [0.25, 0.3) is 0 Å².